The predicted molar refractivity (Wildman–Crippen MR) is 84.5 cm³/mol. The standard InChI is InChI=1S/C16H26O2Si/c1-5-13-19(4,17-7-3)18-12-11-16-10-8-9-15(6-2)14-16/h6,8-10,14H,2,5,7,11-13H2,1,3-4H3. The Hall–Kier alpha value is -0.903. The summed E-state index contributed by atoms with van der Waals surface area (Å²) in [5, 5.41) is 0. The third-order valence-corrected chi connectivity index (χ3v) is 6.26. The molecule has 1 aromatic carbocycles. The van der Waals surface area contributed by atoms with Gasteiger partial charge in [-0.25, -0.2) is 0 Å². The molecular weight excluding hydrogens is 252 g/mol. The van der Waals surface area contributed by atoms with Gasteiger partial charge in [0.2, 0.25) is 0 Å². The van der Waals surface area contributed by atoms with Gasteiger partial charge < -0.3 is 8.85 Å². The molecule has 19 heavy (non-hydrogen) atoms. The van der Waals surface area contributed by atoms with Crippen LogP contribution in [0.4, 0.5) is 0 Å². The third kappa shape index (κ3) is 5.72. The van der Waals surface area contributed by atoms with Crippen LogP contribution in [0.15, 0.2) is 30.8 Å². The summed E-state index contributed by atoms with van der Waals surface area (Å²) in [7, 11) is -1.95. The molecule has 0 radical (unpaired) electrons. The Balaban J connectivity index is 2.48. The minimum Gasteiger partial charge on any atom is -0.395 e. The molecule has 0 aliphatic rings. The molecule has 1 rings (SSSR count). The van der Waals surface area contributed by atoms with Gasteiger partial charge in [0.15, 0.2) is 0 Å². The summed E-state index contributed by atoms with van der Waals surface area (Å²) in [6.07, 6.45) is 3.93. The van der Waals surface area contributed by atoms with Crippen LogP contribution in [0.1, 0.15) is 31.4 Å². The Morgan fingerprint density at radius 2 is 2.05 bits per heavy atom. The summed E-state index contributed by atoms with van der Waals surface area (Å²) in [6.45, 7) is 11.7. The van der Waals surface area contributed by atoms with E-state index in [4.69, 9.17) is 8.85 Å². The largest absolute Gasteiger partial charge is 0.395 e. The van der Waals surface area contributed by atoms with Crippen molar-refractivity contribution in [2.75, 3.05) is 13.2 Å². The molecule has 0 spiro atoms. The zero-order chi connectivity index (χ0) is 14.1. The molecule has 1 aromatic rings. The maximum absolute atomic E-state index is 6.08. The minimum atomic E-state index is -1.95. The number of hydrogen-bond acceptors (Lipinski definition) is 2. The molecule has 0 N–H and O–H groups in total. The van der Waals surface area contributed by atoms with Crippen molar-refractivity contribution in [3.8, 4) is 0 Å². The van der Waals surface area contributed by atoms with Crippen molar-refractivity contribution in [1.82, 2.24) is 0 Å². The Bertz CT molecular complexity index is 384. The molecule has 0 saturated carbocycles. The van der Waals surface area contributed by atoms with E-state index in [9.17, 15) is 0 Å². The van der Waals surface area contributed by atoms with Crippen molar-refractivity contribution in [2.45, 2.75) is 39.3 Å². The van der Waals surface area contributed by atoms with Gasteiger partial charge in [0.05, 0.1) is 0 Å². The first-order valence-electron chi connectivity index (χ1n) is 7.13. The lowest BCUT2D eigenvalue weighted by Gasteiger charge is -2.26. The van der Waals surface area contributed by atoms with Crippen molar-refractivity contribution >= 4 is 14.6 Å². The van der Waals surface area contributed by atoms with E-state index in [2.05, 4.69) is 44.3 Å². The fourth-order valence-corrected chi connectivity index (χ4v) is 4.63. The quantitative estimate of drug-likeness (QED) is 0.623. The number of rotatable bonds is 9. The van der Waals surface area contributed by atoms with Crippen molar-refractivity contribution < 1.29 is 8.85 Å². The average Bonchev–Trinajstić information content (AvgIpc) is 2.39. The lowest BCUT2D eigenvalue weighted by atomic mass is 10.1. The molecule has 0 saturated heterocycles. The fraction of sp³-hybridized carbons (Fsp3) is 0.500. The molecule has 106 valence electrons. The minimum absolute atomic E-state index is 0.739. The summed E-state index contributed by atoms with van der Waals surface area (Å²) in [6, 6.07) is 9.49. The fourth-order valence-electron chi connectivity index (χ4n) is 2.21. The normalized spacial score (nSPS) is 14.1. The smallest absolute Gasteiger partial charge is 0.334 e. The van der Waals surface area contributed by atoms with Crippen LogP contribution in [0.3, 0.4) is 0 Å². The van der Waals surface area contributed by atoms with Gasteiger partial charge in [-0.15, -0.1) is 0 Å². The molecule has 0 aromatic heterocycles. The molecule has 0 heterocycles. The second-order valence-electron chi connectivity index (χ2n) is 4.86. The van der Waals surface area contributed by atoms with E-state index in [-0.39, 0.29) is 0 Å². The van der Waals surface area contributed by atoms with Gasteiger partial charge in [0.1, 0.15) is 0 Å². The van der Waals surface area contributed by atoms with Crippen LogP contribution in [0.25, 0.3) is 6.08 Å². The van der Waals surface area contributed by atoms with Crippen LogP contribution in [0.5, 0.6) is 0 Å². The van der Waals surface area contributed by atoms with Crippen LogP contribution < -0.4 is 0 Å². The average molecular weight is 278 g/mol. The Kier molecular flexibility index (Phi) is 7.06. The highest BCUT2D eigenvalue weighted by Gasteiger charge is 2.29. The molecule has 0 amide bonds. The van der Waals surface area contributed by atoms with Crippen LogP contribution in [-0.2, 0) is 15.3 Å². The molecule has 0 fully saturated rings. The number of benzene rings is 1. The summed E-state index contributed by atoms with van der Waals surface area (Å²) >= 11 is 0. The predicted octanol–water partition coefficient (Wildman–Crippen LogP) is 4.41. The molecule has 0 bridgehead atoms. The van der Waals surface area contributed by atoms with E-state index >= 15 is 0 Å². The SMILES string of the molecule is C=Cc1cccc(CCO[Si](C)(CCC)OCC)c1. The lowest BCUT2D eigenvalue weighted by molar-refractivity contribution is 0.182. The van der Waals surface area contributed by atoms with Crippen LogP contribution in [-0.4, -0.2) is 21.8 Å². The van der Waals surface area contributed by atoms with Crippen molar-refractivity contribution in [2.24, 2.45) is 0 Å². The molecule has 0 aliphatic carbocycles. The lowest BCUT2D eigenvalue weighted by Crippen LogP contribution is -2.39. The van der Waals surface area contributed by atoms with Crippen molar-refractivity contribution in [3.05, 3.63) is 42.0 Å². The molecule has 3 heteroatoms. The monoisotopic (exact) mass is 278 g/mol. The second-order valence-corrected chi connectivity index (χ2v) is 8.21. The first kappa shape index (κ1) is 16.2. The van der Waals surface area contributed by atoms with Crippen molar-refractivity contribution in [3.63, 3.8) is 0 Å². The summed E-state index contributed by atoms with van der Waals surface area (Å²) in [5.74, 6) is 0. The van der Waals surface area contributed by atoms with Gasteiger partial charge in [-0.2, -0.15) is 0 Å². The van der Waals surface area contributed by atoms with Gasteiger partial charge in [0.25, 0.3) is 0 Å². The van der Waals surface area contributed by atoms with E-state index in [1.807, 2.05) is 13.0 Å². The summed E-state index contributed by atoms with van der Waals surface area (Å²) in [5.41, 5.74) is 2.46. The maximum atomic E-state index is 6.08. The van der Waals surface area contributed by atoms with Crippen LogP contribution in [0, 0.1) is 0 Å². The van der Waals surface area contributed by atoms with E-state index < -0.39 is 8.56 Å². The third-order valence-electron chi connectivity index (χ3n) is 3.14. The number of hydrogen-bond donors (Lipinski definition) is 0. The topological polar surface area (TPSA) is 18.5 Å². The first-order valence-corrected chi connectivity index (χ1v) is 9.65. The van der Waals surface area contributed by atoms with Gasteiger partial charge in [0, 0.05) is 13.2 Å². The maximum Gasteiger partial charge on any atom is 0.334 e. The van der Waals surface area contributed by atoms with E-state index in [1.165, 1.54) is 5.56 Å². The first-order chi connectivity index (χ1) is 9.13. The molecule has 0 aliphatic heterocycles. The molecular formula is C16H26O2Si. The second kappa shape index (κ2) is 8.30. The zero-order valence-corrected chi connectivity index (χ0v) is 13.4. The molecule has 2 nitrogen and oxygen atoms in total. The van der Waals surface area contributed by atoms with Gasteiger partial charge in [-0.3, -0.25) is 0 Å². The zero-order valence-electron chi connectivity index (χ0n) is 12.4. The highest BCUT2D eigenvalue weighted by Crippen LogP contribution is 2.16. The summed E-state index contributed by atoms with van der Waals surface area (Å²) in [4.78, 5) is 0. The highest BCUT2D eigenvalue weighted by molar-refractivity contribution is 6.66. The highest BCUT2D eigenvalue weighted by atomic mass is 28.4. The van der Waals surface area contributed by atoms with E-state index in [1.54, 1.807) is 0 Å². The van der Waals surface area contributed by atoms with E-state index in [0.717, 1.165) is 37.7 Å². The Morgan fingerprint density at radius 3 is 2.68 bits per heavy atom. The van der Waals surface area contributed by atoms with Crippen LogP contribution >= 0.6 is 0 Å². The van der Waals surface area contributed by atoms with Gasteiger partial charge in [-0.1, -0.05) is 50.3 Å². The van der Waals surface area contributed by atoms with Gasteiger partial charge >= 0.3 is 8.56 Å². The van der Waals surface area contributed by atoms with Crippen LogP contribution in [0.2, 0.25) is 12.6 Å². The summed E-state index contributed by atoms with van der Waals surface area (Å²) < 4.78 is 11.9. The Morgan fingerprint density at radius 1 is 1.26 bits per heavy atom. The van der Waals surface area contributed by atoms with Crippen molar-refractivity contribution in [1.29, 1.82) is 0 Å². The molecule has 1 atom stereocenters. The van der Waals surface area contributed by atoms with E-state index in [0.29, 0.717) is 0 Å². The van der Waals surface area contributed by atoms with Gasteiger partial charge in [-0.05, 0) is 37.1 Å². The molecule has 1 unspecified atom stereocenters. The Labute approximate surface area is 118 Å².